The second-order valence-corrected chi connectivity index (χ2v) is 6.85. The lowest BCUT2D eigenvalue weighted by Gasteiger charge is -2.40. The summed E-state index contributed by atoms with van der Waals surface area (Å²) in [4.78, 5) is 31.2. The first-order chi connectivity index (χ1) is 10.7. The summed E-state index contributed by atoms with van der Waals surface area (Å²) in [6, 6.07) is 0.397. The van der Waals surface area contributed by atoms with E-state index in [1.54, 1.807) is 0 Å². The molecule has 0 aromatic carbocycles. The molecule has 3 saturated heterocycles. The van der Waals surface area contributed by atoms with Gasteiger partial charge in [-0.1, -0.05) is 0 Å². The van der Waals surface area contributed by atoms with Crippen molar-refractivity contribution in [1.29, 1.82) is 0 Å². The topological polar surface area (TPSA) is 55.9 Å². The van der Waals surface area contributed by atoms with E-state index >= 15 is 0 Å². The maximum Gasteiger partial charge on any atom is 0.320 e. The molecule has 124 valence electrons. The predicted octanol–water partition coefficient (Wildman–Crippen LogP) is 0.735. The van der Waals surface area contributed by atoms with Gasteiger partial charge in [0.2, 0.25) is 5.91 Å². The first-order valence-electron chi connectivity index (χ1n) is 8.72. The Bertz CT molecular complexity index is 422. The molecule has 6 heteroatoms. The van der Waals surface area contributed by atoms with Crippen molar-refractivity contribution in [3.63, 3.8) is 0 Å². The minimum absolute atomic E-state index is 0.0131. The number of urea groups is 1. The molecule has 3 amide bonds. The lowest BCUT2D eigenvalue weighted by atomic mass is 9.95. The Balaban J connectivity index is 1.59. The third-order valence-electron chi connectivity index (χ3n) is 5.20. The Morgan fingerprint density at radius 2 is 1.73 bits per heavy atom. The fourth-order valence-electron chi connectivity index (χ4n) is 3.86. The standard InChI is InChI=1S/C16H28N4O2/c1-13-11-17-6-10-20(13)15(21)14-5-4-9-19(12-14)16(22)18-7-2-3-8-18/h13-14,17H,2-12H2,1H3/t13-,14?/m0/s1. The van der Waals surface area contributed by atoms with Crippen LogP contribution in [0.1, 0.15) is 32.6 Å². The van der Waals surface area contributed by atoms with Crippen molar-refractivity contribution in [2.45, 2.75) is 38.6 Å². The molecule has 6 nitrogen and oxygen atoms in total. The SMILES string of the molecule is C[C@H]1CNCCN1C(=O)C1CCCN(C(=O)N2CCCC2)C1. The number of amides is 3. The summed E-state index contributed by atoms with van der Waals surface area (Å²) in [5.74, 6) is 0.230. The van der Waals surface area contributed by atoms with Gasteiger partial charge in [0.1, 0.15) is 0 Å². The number of hydrogen-bond acceptors (Lipinski definition) is 3. The maximum absolute atomic E-state index is 12.8. The lowest BCUT2D eigenvalue weighted by Crippen LogP contribution is -2.56. The molecule has 1 unspecified atom stereocenters. The van der Waals surface area contributed by atoms with Crippen LogP contribution in [-0.4, -0.2) is 78.5 Å². The van der Waals surface area contributed by atoms with Crippen molar-refractivity contribution in [1.82, 2.24) is 20.0 Å². The first kappa shape index (κ1) is 15.6. The van der Waals surface area contributed by atoms with Crippen molar-refractivity contribution in [3.8, 4) is 0 Å². The zero-order chi connectivity index (χ0) is 15.5. The minimum atomic E-state index is -0.0131. The number of hydrogen-bond donors (Lipinski definition) is 1. The van der Waals surface area contributed by atoms with Gasteiger partial charge in [-0.3, -0.25) is 4.79 Å². The van der Waals surface area contributed by atoms with Crippen LogP contribution in [0.4, 0.5) is 4.79 Å². The largest absolute Gasteiger partial charge is 0.337 e. The molecule has 0 bridgehead atoms. The Kier molecular flexibility index (Phi) is 4.86. The molecule has 3 rings (SSSR count). The number of piperidine rings is 1. The number of piperazine rings is 1. The average Bonchev–Trinajstić information content (AvgIpc) is 3.08. The molecule has 3 aliphatic rings. The summed E-state index contributed by atoms with van der Waals surface area (Å²) in [6.07, 6.45) is 4.08. The number of carbonyl (C=O) groups is 2. The Morgan fingerprint density at radius 3 is 2.45 bits per heavy atom. The smallest absolute Gasteiger partial charge is 0.320 e. The van der Waals surface area contributed by atoms with E-state index in [9.17, 15) is 9.59 Å². The van der Waals surface area contributed by atoms with Crippen LogP contribution < -0.4 is 5.32 Å². The van der Waals surface area contributed by atoms with Crippen molar-refractivity contribution < 1.29 is 9.59 Å². The summed E-state index contributed by atoms with van der Waals surface area (Å²) in [7, 11) is 0. The van der Waals surface area contributed by atoms with E-state index in [-0.39, 0.29) is 23.9 Å². The van der Waals surface area contributed by atoms with Gasteiger partial charge in [-0.15, -0.1) is 0 Å². The second kappa shape index (κ2) is 6.86. The highest BCUT2D eigenvalue weighted by molar-refractivity contribution is 5.81. The third kappa shape index (κ3) is 3.21. The summed E-state index contributed by atoms with van der Waals surface area (Å²) < 4.78 is 0. The van der Waals surface area contributed by atoms with Crippen LogP contribution in [0.25, 0.3) is 0 Å². The number of carbonyl (C=O) groups excluding carboxylic acids is 2. The minimum Gasteiger partial charge on any atom is -0.337 e. The van der Waals surface area contributed by atoms with E-state index in [4.69, 9.17) is 0 Å². The molecule has 0 spiro atoms. The van der Waals surface area contributed by atoms with Crippen molar-refractivity contribution in [2.75, 3.05) is 45.8 Å². The van der Waals surface area contributed by atoms with Gasteiger partial charge in [0.15, 0.2) is 0 Å². The molecule has 3 heterocycles. The fourth-order valence-corrected chi connectivity index (χ4v) is 3.86. The van der Waals surface area contributed by atoms with Gasteiger partial charge in [-0.2, -0.15) is 0 Å². The van der Waals surface area contributed by atoms with E-state index in [1.807, 2.05) is 14.7 Å². The van der Waals surface area contributed by atoms with Gasteiger partial charge >= 0.3 is 6.03 Å². The number of nitrogens with one attached hydrogen (secondary N) is 1. The highest BCUT2D eigenvalue weighted by atomic mass is 16.2. The molecule has 22 heavy (non-hydrogen) atoms. The number of likely N-dealkylation sites (tertiary alicyclic amines) is 2. The van der Waals surface area contributed by atoms with E-state index in [0.29, 0.717) is 6.54 Å². The van der Waals surface area contributed by atoms with Gasteiger partial charge in [0, 0.05) is 51.9 Å². The Hall–Kier alpha value is -1.30. The molecular weight excluding hydrogens is 280 g/mol. The number of nitrogens with zero attached hydrogens (tertiary/aromatic N) is 3. The van der Waals surface area contributed by atoms with Crippen LogP contribution in [0.3, 0.4) is 0 Å². The highest BCUT2D eigenvalue weighted by Crippen LogP contribution is 2.22. The lowest BCUT2D eigenvalue weighted by molar-refractivity contribution is -0.139. The molecule has 0 radical (unpaired) electrons. The van der Waals surface area contributed by atoms with Gasteiger partial charge in [-0.05, 0) is 32.6 Å². The van der Waals surface area contributed by atoms with Crippen molar-refractivity contribution >= 4 is 11.9 Å². The molecule has 0 saturated carbocycles. The molecule has 2 atom stereocenters. The molecule has 0 aliphatic carbocycles. The summed E-state index contributed by atoms with van der Waals surface area (Å²) in [6.45, 7) is 7.79. The van der Waals surface area contributed by atoms with E-state index in [0.717, 1.165) is 65.0 Å². The third-order valence-corrected chi connectivity index (χ3v) is 5.20. The average molecular weight is 308 g/mol. The molecule has 1 N–H and O–H groups in total. The quantitative estimate of drug-likeness (QED) is 0.777. The van der Waals surface area contributed by atoms with Gasteiger partial charge in [-0.25, -0.2) is 4.79 Å². The van der Waals surface area contributed by atoms with Gasteiger partial charge < -0.3 is 20.0 Å². The molecular formula is C16H28N4O2. The summed E-state index contributed by atoms with van der Waals surface area (Å²) in [5.41, 5.74) is 0. The Morgan fingerprint density at radius 1 is 1.00 bits per heavy atom. The fraction of sp³-hybridized carbons (Fsp3) is 0.875. The Labute approximate surface area is 132 Å². The highest BCUT2D eigenvalue weighted by Gasteiger charge is 2.35. The van der Waals surface area contributed by atoms with Crippen LogP contribution in [0.5, 0.6) is 0 Å². The van der Waals surface area contributed by atoms with Gasteiger partial charge in [0.05, 0.1) is 5.92 Å². The molecule has 3 fully saturated rings. The molecule has 3 aliphatic heterocycles. The predicted molar refractivity (Wildman–Crippen MR) is 84.5 cm³/mol. The normalized spacial score (nSPS) is 29.8. The van der Waals surface area contributed by atoms with Crippen LogP contribution >= 0.6 is 0 Å². The van der Waals surface area contributed by atoms with Gasteiger partial charge in [0.25, 0.3) is 0 Å². The summed E-state index contributed by atoms with van der Waals surface area (Å²) >= 11 is 0. The van der Waals surface area contributed by atoms with E-state index < -0.39 is 0 Å². The van der Waals surface area contributed by atoms with Crippen LogP contribution in [0.2, 0.25) is 0 Å². The van der Waals surface area contributed by atoms with Crippen LogP contribution in [0.15, 0.2) is 0 Å². The van der Waals surface area contributed by atoms with E-state index in [1.165, 1.54) is 0 Å². The first-order valence-corrected chi connectivity index (χ1v) is 8.72. The monoisotopic (exact) mass is 308 g/mol. The van der Waals surface area contributed by atoms with Crippen LogP contribution in [-0.2, 0) is 4.79 Å². The number of rotatable bonds is 1. The molecule has 0 aromatic heterocycles. The van der Waals surface area contributed by atoms with Crippen LogP contribution in [0, 0.1) is 5.92 Å². The van der Waals surface area contributed by atoms with Crippen molar-refractivity contribution in [2.24, 2.45) is 5.92 Å². The van der Waals surface area contributed by atoms with Crippen molar-refractivity contribution in [3.05, 3.63) is 0 Å². The zero-order valence-electron chi connectivity index (χ0n) is 13.6. The zero-order valence-corrected chi connectivity index (χ0v) is 13.6. The second-order valence-electron chi connectivity index (χ2n) is 6.85. The van der Waals surface area contributed by atoms with E-state index in [2.05, 4.69) is 12.2 Å². The summed E-state index contributed by atoms with van der Waals surface area (Å²) in [5, 5.41) is 3.32. The maximum atomic E-state index is 12.8. The molecule has 0 aromatic rings.